The van der Waals surface area contributed by atoms with Crippen molar-refractivity contribution in [3.05, 3.63) is 41.7 Å². The number of ether oxygens (including phenoxy) is 1. The van der Waals surface area contributed by atoms with Crippen molar-refractivity contribution in [3.8, 4) is 5.75 Å². The lowest BCUT2D eigenvalue weighted by Gasteiger charge is -2.29. The van der Waals surface area contributed by atoms with Gasteiger partial charge in [-0.2, -0.15) is 4.39 Å². The minimum atomic E-state index is -0.870. The Bertz CT molecular complexity index is 517. The van der Waals surface area contributed by atoms with Gasteiger partial charge in [0.15, 0.2) is 11.6 Å². The molecular formula is C20H28F2O. The van der Waals surface area contributed by atoms with E-state index in [0.29, 0.717) is 5.56 Å². The first-order chi connectivity index (χ1) is 11.2. The zero-order chi connectivity index (χ0) is 16.7. The maximum atomic E-state index is 14.3. The Labute approximate surface area is 138 Å². The summed E-state index contributed by atoms with van der Waals surface area (Å²) in [7, 11) is 0. The molecule has 1 aromatic carbocycles. The van der Waals surface area contributed by atoms with Crippen LogP contribution in [-0.2, 0) is 0 Å². The first kappa shape index (κ1) is 18.0. The van der Waals surface area contributed by atoms with Crippen molar-refractivity contribution in [2.24, 2.45) is 5.92 Å². The summed E-state index contributed by atoms with van der Waals surface area (Å²) in [5.74, 6) is -0.740. The lowest BCUT2D eigenvalue weighted by molar-refractivity contribution is 0.297. The van der Waals surface area contributed by atoms with Crippen LogP contribution < -0.4 is 4.74 Å². The van der Waals surface area contributed by atoms with Crippen LogP contribution in [0.1, 0.15) is 76.7 Å². The molecule has 0 N–H and O–H groups in total. The Morgan fingerprint density at radius 1 is 1.09 bits per heavy atom. The quantitative estimate of drug-likeness (QED) is 0.399. The van der Waals surface area contributed by atoms with Crippen LogP contribution in [0.15, 0.2) is 24.5 Å². The summed E-state index contributed by atoms with van der Waals surface area (Å²) in [6.45, 7) is 3.99. The highest BCUT2D eigenvalue weighted by atomic mass is 19.2. The van der Waals surface area contributed by atoms with Crippen LogP contribution in [0.2, 0.25) is 0 Å². The van der Waals surface area contributed by atoms with Gasteiger partial charge in [0.05, 0.1) is 6.26 Å². The molecule has 1 aliphatic carbocycles. The Kier molecular flexibility index (Phi) is 7.07. The molecule has 128 valence electrons. The fourth-order valence-corrected chi connectivity index (χ4v) is 3.54. The van der Waals surface area contributed by atoms with Gasteiger partial charge >= 0.3 is 0 Å². The van der Waals surface area contributed by atoms with Gasteiger partial charge in [0.25, 0.3) is 0 Å². The number of unbranched alkanes of at least 4 members (excludes halogenated alkanes) is 2. The van der Waals surface area contributed by atoms with Crippen LogP contribution in [0, 0.1) is 17.6 Å². The third-order valence-corrected chi connectivity index (χ3v) is 4.91. The molecule has 23 heavy (non-hydrogen) atoms. The number of hydrogen-bond acceptors (Lipinski definition) is 1. The van der Waals surface area contributed by atoms with Gasteiger partial charge in [-0.15, -0.1) is 0 Å². The van der Waals surface area contributed by atoms with Gasteiger partial charge < -0.3 is 4.74 Å². The predicted octanol–water partition coefficient (Wildman–Crippen LogP) is 6.73. The first-order valence-electron chi connectivity index (χ1n) is 8.93. The van der Waals surface area contributed by atoms with E-state index in [1.807, 2.05) is 0 Å². The van der Waals surface area contributed by atoms with Crippen LogP contribution in [0.5, 0.6) is 5.75 Å². The molecule has 0 radical (unpaired) electrons. The molecule has 0 aliphatic heterocycles. The monoisotopic (exact) mass is 322 g/mol. The molecule has 0 aromatic heterocycles. The van der Waals surface area contributed by atoms with Gasteiger partial charge in [-0.1, -0.05) is 44.7 Å². The van der Waals surface area contributed by atoms with E-state index in [1.54, 1.807) is 25.1 Å². The van der Waals surface area contributed by atoms with Crippen molar-refractivity contribution >= 4 is 0 Å². The predicted molar refractivity (Wildman–Crippen MR) is 90.6 cm³/mol. The SMILES string of the molecule is C/C=C/Oc1ccc(C2CCC(CCCCC)CC2)c(F)c1F. The molecule has 0 saturated heterocycles. The Balaban J connectivity index is 1.97. The summed E-state index contributed by atoms with van der Waals surface area (Å²) in [5.41, 5.74) is 0.516. The van der Waals surface area contributed by atoms with Crippen LogP contribution in [0.25, 0.3) is 0 Å². The van der Waals surface area contributed by atoms with E-state index in [-0.39, 0.29) is 11.7 Å². The molecule has 1 saturated carbocycles. The van der Waals surface area contributed by atoms with Gasteiger partial charge in [-0.05, 0) is 56.1 Å². The van der Waals surface area contributed by atoms with Crippen molar-refractivity contribution in [1.82, 2.24) is 0 Å². The standard InChI is InChI=1S/C20H28F2O/c1-3-5-6-7-15-8-10-16(11-9-15)17-12-13-18(23-14-4-2)20(22)19(17)21/h4,12-16H,3,5-11H2,1-2H3/b14-4+. The Morgan fingerprint density at radius 3 is 2.48 bits per heavy atom. The number of halogens is 2. The fraction of sp³-hybridized carbons (Fsp3) is 0.600. The maximum absolute atomic E-state index is 14.3. The summed E-state index contributed by atoms with van der Waals surface area (Å²) in [6, 6.07) is 3.24. The number of rotatable bonds is 7. The molecule has 0 unspecified atom stereocenters. The van der Waals surface area contributed by atoms with Gasteiger partial charge in [-0.3, -0.25) is 0 Å². The third kappa shape index (κ3) is 4.79. The largest absolute Gasteiger partial charge is 0.462 e. The van der Waals surface area contributed by atoms with Crippen molar-refractivity contribution in [1.29, 1.82) is 0 Å². The number of benzene rings is 1. The highest BCUT2D eigenvalue weighted by Crippen LogP contribution is 2.40. The molecular weight excluding hydrogens is 294 g/mol. The van der Waals surface area contributed by atoms with Crippen molar-refractivity contribution in [2.45, 2.75) is 71.1 Å². The molecule has 2 rings (SSSR count). The van der Waals surface area contributed by atoms with Crippen molar-refractivity contribution in [2.75, 3.05) is 0 Å². The van der Waals surface area contributed by atoms with Crippen LogP contribution in [0.4, 0.5) is 8.78 Å². The zero-order valence-corrected chi connectivity index (χ0v) is 14.3. The average Bonchev–Trinajstić information content (AvgIpc) is 2.57. The van der Waals surface area contributed by atoms with Gasteiger partial charge in [0.1, 0.15) is 0 Å². The summed E-state index contributed by atoms with van der Waals surface area (Å²) >= 11 is 0. The molecule has 0 spiro atoms. The molecule has 1 fully saturated rings. The van der Waals surface area contributed by atoms with Crippen molar-refractivity contribution in [3.63, 3.8) is 0 Å². The van der Waals surface area contributed by atoms with E-state index >= 15 is 0 Å². The second-order valence-corrected chi connectivity index (χ2v) is 6.58. The molecule has 0 bridgehead atoms. The second kappa shape index (κ2) is 9.05. The van der Waals surface area contributed by atoms with Gasteiger partial charge in [0.2, 0.25) is 5.82 Å². The molecule has 1 aromatic rings. The minimum absolute atomic E-state index is 0.0439. The van der Waals surface area contributed by atoms with E-state index in [4.69, 9.17) is 4.74 Å². The smallest absolute Gasteiger partial charge is 0.201 e. The van der Waals surface area contributed by atoms with E-state index in [2.05, 4.69) is 6.92 Å². The summed E-state index contributed by atoms with van der Waals surface area (Å²) < 4.78 is 33.5. The van der Waals surface area contributed by atoms with Crippen LogP contribution in [0.3, 0.4) is 0 Å². The van der Waals surface area contributed by atoms with Crippen molar-refractivity contribution < 1.29 is 13.5 Å². The van der Waals surface area contributed by atoms with E-state index in [1.165, 1.54) is 31.9 Å². The minimum Gasteiger partial charge on any atom is -0.462 e. The third-order valence-electron chi connectivity index (χ3n) is 4.91. The van der Waals surface area contributed by atoms with Crippen LogP contribution >= 0.6 is 0 Å². The van der Waals surface area contributed by atoms with E-state index in [9.17, 15) is 8.78 Å². The zero-order valence-electron chi connectivity index (χ0n) is 14.3. The maximum Gasteiger partial charge on any atom is 0.201 e. The number of allylic oxidation sites excluding steroid dienone is 1. The lowest BCUT2D eigenvalue weighted by Crippen LogP contribution is -2.15. The topological polar surface area (TPSA) is 9.23 Å². The highest BCUT2D eigenvalue weighted by molar-refractivity contribution is 5.33. The van der Waals surface area contributed by atoms with Gasteiger partial charge in [0, 0.05) is 0 Å². The second-order valence-electron chi connectivity index (χ2n) is 6.58. The van der Waals surface area contributed by atoms with E-state index in [0.717, 1.165) is 31.6 Å². The van der Waals surface area contributed by atoms with E-state index < -0.39 is 11.6 Å². The Hall–Kier alpha value is -1.38. The molecule has 1 aliphatic rings. The molecule has 0 amide bonds. The molecule has 0 heterocycles. The first-order valence-corrected chi connectivity index (χ1v) is 8.93. The number of hydrogen-bond donors (Lipinski definition) is 0. The summed E-state index contributed by atoms with van der Waals surface area (Å²) in [4.78, 5) is 0. The average molecular weight is 322 g/mol. The molecule has 3 heteroatoms. The molecule has 0 atom stereocenters. The summed E-state index contributed by atoms with van der Waals surface area (Å²) in [5, 5.41) is 0. The lowest BCUT2D eigenvalue weighted by atomic mass is 9.77. The Morgan fingerprint density at radius 2 is 1.83 bits per heavy atom. The van der Waals surface area contributed by atoms with Gasteiger partial charge in [-0.25, -0.2) is 4.39 Å². The highest BCUT2D eigenvalue weighted by Gasteiger charge is 2.26. The summed E-state index contributed by atoms with van der Waals surface area (Å²) in [6.07, 6.45) is 12.3. The molecule has 1 nitrogen and oxygen atoms in total. The fourth-order valence-electron chi connectivity index (χ4n) is 3.54. The van der Waals surface area contributed by atoms with Crippen LogP contribution in [-0.4, -0.2) is 0 Å². The normalized spacial score (nSPS) is 21.7.